The van der Waals surface area contributed by atoms with Crippen LogP contribution in [0.5, 0.6) is 0 Å². The fourth-order valence-electron chi connectivity index (χ4n) is 5.45. The highest BCUT2D eigenvalue weighted by atomic mass is 35.5. The molecule has 1 aromatic rings. The predicted octanol–water partition coefficient (Wildman–Crippen LogP) is 6.00. The Labute approximate surface area is 202 Å². The van der Waals surface area contributed by atoms with Crippen molar-refractivity contribution in [3.63, 3.8) is 0 Å². The quantitative estimate of drug-likeness (QED) is 0.345. The van der Waals surface area contributed by atoms with Gasteiger partial charge in [-0.3, -0.25) is 4.99 Å². The minimum Gasteiger partial charge on any atom is -0.376 e. The number of nitrogens with one attached hydrogen (secondary N) is 2. The Morgan fingerprint density at radius 1 is 1.00 bits per heavy atom. The summed E-state index contributed by atoms with van der Waals surface area (Å²) in [6, 6.07) is 6.39. The Balaban J connectivity index is 1.31. The lowest BCUT2D eigenvalue weighted by atomic mass is 9.76. The second-order valence-electron chi connectivity index (χ2n) is 9.95. The van der Waals surface area contributed by atoms with Crippen molar-refractivity contribution in [3.8, 4) is 0 Å². The van der Waals surface area contributed by atoms with Crippen LogP contribution in [0.15, 0.2) is 23.2 Å². The van der Waals surface area contributed by atoms with E-state index in [0.29, 0.717) is 28.7 Å². The van der Waals surface area contributed by atoms with E-state index in [9.17, 15) is 0 Å². The van der Waals surface area contributed by atoms with E-state index >= 15 is 0 Å². The molecule has 5 nitrogen and oxygen atoms in total. The van der Waals surface area contributed by atoms with Gasteiger partial charge in [0, 0.05) is 23.7 Å². The number of nitrogens with two attached hydrogens (primary N) is 1. The molecule has 2 aliphatic carbocycles. The molecule has 0 radical (unpaired) electrons. The summed E-state index contributed by atoms with van der Waals surface area (Å²) < 4.78 is 5.76. The summed E-state index contributed by atoms with van der Waals surface area (Å²) in [5, 5.41) is 8.31. The van der Waals surface area contributed by atoms with E-state index in [0.717, 1.165) is 42.9 Å². The standard InChI is InChI=1S/C25H38Cl2N4O/c26-19-7-12-24(23(27)15-19)31-25(29-16-22-2-1-13-32-22)30-21-10-5-18(6-11-21)14-17-3-8-20(28)9-4-17/h7,12,15,17-18,20-22H,1-6,8-11,13-14,16,28H2,(H2,29,30,31). The molecule has 7 heteroatoms. The summed E-state index contributed by atoms with van der Waals surface area (Å²) in [5.41, 5.74) is 6.90. The van der Waals surface area contributed by atoms with Crippen molar-refractivity contribution in [1.82, 2.24) is 5.32 Å². The maximum Gasteiger partial charge on any atom is 0.196 e. The van der Waals surface area contributed by atoms with Gasteiger partial charge in [-0.2, -0.15) is 0 Å². The molecular weight excluding hydrogens is 443 g/mol. The van der Waals surface area contributed by atoms with Crippen LogP contribution >= 0.6 is 23.2 Å². The molecule has 1 saturated heterocycles. The molecule has 1 heterocycles. The van der Waals surface area contributed by atoms with E-state index in [2.05, 4.69) is 10.6 Å². The molecule has 0 spiro atoms. The number of guanidine groups is 1. The number of aliphatic imine (C=N–C) groups is 1. The Morgan fingerprint density at radius 2 is 1.72 bits per heavy atom. The van der Waals surface area contributed by atoms with E-state index in [1.165, 1.54) is 57.8 Å². The molecule has 0 bridgehead atoms. The van der Waals surface area contributed by atoms with Crippen molar-refractivity contribution in [3.05, 3.63) is 28.2 Å². The number of nitrogens with zero attached hydrogens (tertiary/aromatic N) is 1. The molecule has 1 unspecified atom stereocenters. The fourth-order valence-corrected chi connectivity index (χ4v) is 5.91. The third-order valence-corrected chi connectivity index (χ3v) is 7.95. The highest BCUT2D eigenvalue weighted by Crippen LogP contribution is 2.35. The van der Waals surface area contributed by atoms with Gasteiger partial charge in [-0.15, -0.1) is 0 Å². The zero-order chi connectivity index (χ0) is 22.3. The monoisotopic (exact) mass is 480 g/mol. The number of hydrogen-bond acceptors (Lipinski definition) is 3. The Morgan fingerprint density at radius 3 is 2.38 bits per heavy atom. The van der Waals surface area contributed by atoms with Crippen LogP contribution in [-0.4, -0.2) is 37.3 Å². The van der Waals surface area contributed by atoms with Crippen LogP contribution in [0.3, 0.4) is 0 Å². The first-order valence-corrected chi connectivity index (χ1v) is 13.2. The molecule has 178 valence electrons. The molecule has 3 aliphatic rings. The lowest BCUT2D eigenvalue weighted by molar-refractivity contribution is 0.117. The molecule has 32 heavy (non-hydrogen) atoms. The van der Waals surface area contributed by atoms with Gasteiger partial charge in [0.25, 0.3) is 0 Å². The molecule has 4 rings (SSSR count). The largest absolute Gasteiger partial charge is 0.376 e. The summed E-state index contributed by atoms with van der Waals surface area (Å²) in [6.07, 6.45) is 13.8. The van der Waals surface area contributed by atoms with Crippen LogP contribution < -0.4 is 16.4 Å². The van der Waals surface area contributed by atoms with Crippen LogP contribution in [0, 0.1) is 11.8 Å². The van der Waals surface area contributed by atoms with Gasteiger partial charge in [0.15, 0.2) is 5.96 Å². The number of ether oxygens (including phenoxy) is 1. The van der Waals surface area contributed by atoms with Crippen molar-refractivity contribution < 1.29 is 4.74 Å². The molecular formula is C25H38Cl2N4O. The smallest absolute Gasteiger partial charge is 0.196 e. The average Bonchev–Trinajstić information content (AvgIpc) is 3.30. The van der Waals surface area contributed by atoms with Gasteiger partial charge < -0.3 is 21.1 Å². The first kappa shape index (κ1) is 24.1. The molecule has 1 atom stereocenters. The summed E-state index contributed by atoms with van der Waals surface area (Å²) in [7, 11) is 0. The predicted molar refractivity (Wildman–Crippen MR) is 135 cm³/mol. The molecule has 1 aromatic carbocycles. The average molecular weight is 482 g/mol. The molecule has 1 aliphatic heterocycles. The van der Waals surface area contributed by atoms with Crippen molar-refractivity contribution in [2.45, 2.75) is 88.8 Å². The lowest BCUT2D eigenvalue weighted by Crippen LogP contribution is -2.42. The SMILES string of the molecule is NC1CCC(CC2CCC(NC(=NCC3CCCO3)Nc3ccc(Cl)cc3Cl)CC2)CC1. The Hall–Kier alpha value is -1.01. The summed E-state index contributed by atoms with van der Waals surface area (Å²) >= 11 is 12.5. The van der Waals surface area contributed by atoms with Crippen LogP contribution in [0.2, 0.25) is 10.0 Å². The molecule has 4 N–H and O–H groups in total. The number of anilines is 1. The zero-order valence-corrected chi connectivity index (χ0v) is 20.5. The summed E-state index contributed by atoms with van der Waals surface area (Å²) in [5.74, 6) is 2.54. The number of benzene rings is 1. The van der Waals surface area contributed by atoms with Crippen molar-refractivity contribution in [2.24, 2.45) is 22.6 Å². The molecule has 0 aromatic heterocycles. The second kappa shape index (κ2) is 11.9. The molecule has 3 fully saturated rings. The first-order chi connectivity index (χ1) is 15.5. The first-order valence-electron chi connectivity index (χ1n) is 12.5. The van der Waals surface area contributed by atoms with E-state index in [-0.39, 0.29) is 6.10 Å². The second-order valence-corrected chi connectivity index (χ2v) is 10.8. The normalized spacial score (nSPS) is 31.5. The lowest BCUT2D eigenvalue weighted by Gasteiger charge is -2.34. The van der Waals surface area contributed by atoms with Gasteiger partial charge in [-0.25, -0.2) is 0 Å². The van der Waals surface area contributed by atoms with Gasteiger partial charge in [0.2, 0.25) is 0 Å². The van der Waals surface area contributed by atoms with Crippen LogP contribution in [0.4, 0.5) is 5.69 Å². The van der Waals surface area contributed by atoms with Gasteiger partial charge >= 0.3 is 0 Å². The highest BCUT2D eigenvalue weighted by molar-refractivity contribution is 6.36. The minimum absolute atomic E-state index is 0.216. The van der Waals surface area contributed by atoms with Gasteiger partial charge in [-0.05, 0) is 101 Å². The van der Waals surface area contributed by atoms with Gasteiger partial charge in [0.1, 0.15) is 0 Å². The third kappa shape index (κ3) is 7.24. The van der Waals surface area contributed by atoms with E-state index < -0.39 is 0 Å². The molecule has 0 amide bonds. The van der Waals surface area contributed by atoms with Crippen molar-refractivity contribution in [1.29, 1.82) is 0 Å². The summed E-state index contributed by atoms with van der Waals surface area (Å²) in [4.78, 5) is 4.84. The van der Waals surface area contributed by atoms with Crippen molar-refractivity contribution in [2.75, 3.05) is 18.5 Å². The summed E-state index contributed by atoms with van der Waals surface area (Å²) in [6.45, 7) is 1.51. The minimum atomic E-state index is 0.216. The molecule has 2 saturated carbocycles. The van der Waals surface area contributed by atoms with E-state index in [4.69, 9.17) is 38.7 Å². The zero-order valence-electron chi connectivity index (χ0n) is 19.0. The Kier molecular flexibility index (Phi) is 8.98. The van der Waals surface area contributed by atoms with Crippen LogP contribution in [0.25, 0.3) is 0 Å². The Bertz CT molecular complexity index is 752. The highest BCUT2D eigenvalue weighted by Gasteiger charge is 2.27. The van der Waals surface area contributed by atoms with Crippen molar-refractivity contribution >= 4 is 34.8 Å². The third-order valence-electron chi connectivity index (χ3n) is 7.41. The van der Waals surface area contributed by atoms with Gasteiger partial charge in [0.05, 0.1) is 23.4 Å². The van der Waals surface area contributed by atoms with E-state index in [1.54, 1.807) is 6.07 Å². The maximum atomic E-state index is 6.40. The van der Waals surface area contributed by atoms with E-state index in [1.807, 2.05) is 12.1 Å². The van der Waals surface area contributed by atoms with Crippen LogP contribution in [-0.2, 0) is 4.74 Å². The number of hydrogen-bond donors (Lipinski definition) is 3. The van der Waals surface area contributed by atoms with Gasteiger partial charge in [-0.1, -0.05) is 23.2 Å². The maximum absolute atomic E-state index is 6.40. The topological polar surface area (TPSA) is 71.7 Å². The fraction of sp³-hybridized carbons (Fsp3) is 0.720. The number of halogens is 2. The van der Waals surface area contributed by atoms with Crippen LogP contribution in [0.1, 0.15) is 70.6 Å². The number of rotatable bonds is 6.